The van der Waals surface area contributed by atoms with Gasteiger partial charge in [-0.3, -0.25) is 0 Å². The van der Waals surface area contributed by atoms with Gasteiger partial charge in [0.1, 0.15) is 0 Å². The molecule has 0 aliphatic heterocycles. The molecular formula is C11H15ClOS. The van der Waals surface area contributed by atoms with Gasteiger partial charge in [0.05, 0.1) is 6.10 Å². The number of aliphatic hydroxyl groups excluding tert-OH is 1. The Morgan fingerprint density at radius 3 is 2.43 bits per heavy atom. The molecule has 0 heterocycles. The Kier molecular flexibility index (Phi) is 3.87. The summed E-state index contributed by atoms with van der Waals surface area (Å²) >= 11 is 7.64. The number of rotatable bonds is 3. The molecule has 1 nitrogen and oxygen atoms in total. The highest BCUT2D eigenvalue weighted by Crippen LogP contribution is 2.38. The van der Waals surface area contributed by atoms with Gasteiger partial charge >= 0.3 is 0 Å². The zero-order valence-corrected chi connectivity index (χ0v) is 10.2. The van der Waals surface area contributed by atoms with Gasteiger partial charge in [0, 0.05) is 15.3 Å². The summed E-state index contributed by atoms with van der Waals surface area (Å²) in [4.78, 5) is 0. The highest BCUT2D eigenvalue weighted by atomic mass is 35.5. The van der Waals surface area contributed by atoms with E-state index in [1.807, 2.05) is 38.3 Å². The summed E-state index contributed by atoms with van der Waals surface area (Å²) in [5.41, 5.74) is 0.800. The first kappa shape index (κ1) is 11.9. The van der Waals surface area contributed by atoms with Gasteiger partial charge in [-0.15, -0.1) is 0 Å². The second-order valence-electron chi connectivity index (χ2n) is 3.73. The summed E-state index contributed by atoms with van der Waals surface area (Å²) in [7, 11) is 0. The van der Waals surface area contributed by atoms with Gasteiger partial charge in [0.2, 0.25) is 0 Å². The number of halogens is 1. The minimum atomic E-state index is -0.536. The second-order valence-corrected chi connectivity index (χ2v) is 5.60. The Balaban J connectivity index is 3.00. The summed E-state index contributed by atoms with van der Waals surface area (Å²) in [5, 5.41) is 10.8. The van der Waals surface area contributed by atoms with Gasteiger partial charge in [0.15, 0.2) is 0 Å². The van der Waals surface area contributed by atoms with E-state index in [9.17, 15) is 5.11 Å². The highest BCUT2D eigenvalue weighted by Gasteiger charge is 2.29. The molecule has 0 aliphatic rings. The lowest BCUT2D eigenvalue weighted by atomic mass is 9.98. The van der Waals surface area contributed by atoms with Crippen LogP contribution < -0.4 is 0 Å². The number of aliphatic hydroxyl groups is 1. The number of hydrogen-bond acceptors (Lipinski definition) is 2. The summed E-state index contributed by atoms with van der Waals surface area (Å²) in [6.07, 6.45) is 1.45. The molecule has 3 heteroatoms. The Hall–Kier alpha value is -0.180. The fraction of sp³-hybridized carbons (Fsp3) is 0.455. The lowest BCUT2D eigenvalue weighted by molar-refractivity contribution is 0.144. The third kappa shape index (κ3) is 2.44. The summed E-state index contributed by atoms with van der Waals surface area (Å²) < 4.78 is -0.217. The van der Waals surface area contributed by atoms with Crippen LogP contribution in [-0.2, 0) is 0 Å². The summed E-state index contributed by atoms with van der Waals surface area (Å²) in [6.45, 7) is 4.01. The maximum Gasteiger partial charge on any atom is 0.0945 e. The molecule has 1 N–H and O–H groups in total. The molecule has 0 saturated carbocycles. The molecule has 0 aromatic heterocycles. The van der Waals surface area contributed by atoms with Crippen molar-refractivity contribution in [1.82, 2.24) is 0 Å². The van der Waals surface area contributed by atoms with Gasteiger partial charge in [-0.2, -0.15) is 11.8 Å². The predicted molar refractivity (Wildman–Crippen MR) is 64.0 cm³/mol. The minimum absolute atomic E-state index is 0.217. The van der Waals surface area contributed by atoms with Crippen molar-refractivity contribution in [2.24, 2.45) is 0 Å². The maximum absolute atomic E-state index is 10.1. The molecule has 0 fully saturated rings. The normalized spacial score (nSPS) is 14.1. The molecule has 0 radical (unpaired) electrons. The topological polar surface area (TPSA) is 20.2 Å². The van der Waals surface area contributed by atoms with Crippen LogP contribution in [0, 0.1) is 0 Å². The van der Waals surface area contributed by atoms with Crippen LogP contribution in [0.2, 0.25) is 5.02 Å². The van der Waals surface area contributed by atoms with Crippen molar-refractivity contribution in [3.8, 4) is 0 Å². The van der Waals surface area contributed by atoms with Crippen LogP contribution in [0.1, 0.15) is 25.5 Å². The number of thioether (sulfide) groups is 1. The molecule has 14 heavy (non-hydrogen) atoms. The van der Waals surface area contributed by atoms with E-state index in [4.69, 9.17) is 11.6 Å². The van der Waals surface area contributed by atoms with E-state index in [1.165, 1.54) is 0 Å². The van der Waals surface area contributed by atoms with Crippen molar-refractivity contribution in [1.29, 1.82) is 0 Å². The fourth-order valence-corrected chi connectivity index (χ4v) is 1.77. The van der Waals surface area contributed by atoms with Crippen molar-refractivity contribution in [2.45, 2.75) is 24.7 Å². The minimum Gasteiger partial charge on any atom is -0.387 e. The van der Waals surface area contributed by atoms with E-state index in [-0.39, 0.29) is 4.75 Å². The maximum atomic E-state index is 10.1. The fourth-order valence-electron chi connectivity index (χ4n) is 1.18. The molecule has 1 aromatic carbocycles. The van der Waals surface area contributed by atoms with Crippen LogP contribution in [-0.4, -0.2) is 16.1 Å². The highest BCUT2D eigenvalue weighted by molar-refractivity contribution is 7.99. The van der Waals surface area contributed by atoms with Crippen LogP contribution in [0.3, 0.4) is 0 Å². The van der Waals surface area contributed by atoms with E-state index in [0.717, 1.165) is 5.56 Å². The Morgan fingerprint density at radius 2 is 1.93 bits per heavy atom. The number of benzene rings is 1. The molecular weight excluding hydrogens is 216 g/mol. The van der Waals surface area contributed by atoms with Crippen LogP contribution in [0.5, 0.6) is 0 Å². The zero-order valence-electron chi connectivity index (χ0n) is 8.62. The van der Waals surface area contributed by atoms with Crippen molar-refractivity contribution in [3.05, 3.63) is 34.9 Å². The van der Waals surface area contributed by atoms with Gasteiger partial charge in [0.25, 0.3) is 0 Å². The van der Waals surface area contributed by atoms with E-state index in [0.29, 0.717) is 5.02 Å². The molecule has 0 amide bonds. The molecule has 1 atom stereocenters. The molecule has 0 aliphatic carbocycles. The molecule has 78 valence electrons. The van der Waals surface area contributed by atoms with Crippen LogP contribution >= 0.6 is 23.4 Å². The van der Waals surface area contributed by atoms with E-state index >= 15 is 0 Å². The second kappa shape index (κ2) is 4.56. The van der Waals surface area contributed by atoms with Crippen molar-refractivity contribution in [3.63, 3.8) is 0 Å². The third-order valence-corrected chi connectivity index (χ3v) is 4.00. The zero-order chi connectivity index (χ0) is 10.8. The van der Waals surface area contributed by atoms with Gasteiger partial charge in [-0.05, 0) is 26.2 Å². The summed E-state index contributed by atoms with van der Waals surface area (Å²) in [6, 6.07) is 7.42. The van der Waals surface area contributed by atoms with E-state index in [1.54, 1.807) is 17.8 Å². The third-order valence-electron chi connectivity index (χ3n) is 2.38. The molecule has 0 bridgehead atoms. The molecule has 1 aromatic rings. The first-order chi connectivity index (χ1) is 6.49. The van der Waals surface area contributed by atoms with Gasteiger partial charge in [-0.25, -0.2) is 0 Å². The quantitative estimate of drug-likeness (QED) is 0.858. The van der Waals surface area contributed by atoms with Crippen molar-refractivity contribution >= 4 is 23.4 Å². The van der Waals surface area contributed by atoms with Crippen molar-refractivity contribution in [2.75, 3.05) is 6.26 Å². The molecule has 0 spiro atoms. The molecule has 0 saturated heterocycles. The van der Waals surface area contributed by atoms with Crippen LogP contribution in [0.25, 0.3) is 0 Å². The SMILES string of the molecule is CSC(C)(C)C(O)c1ccccc1Cl. The van der Waals surface area contributed by atoms with E-state index < -0.39 is 6.10 Å². The average molecular weight is 231 g/mol. The lowest BCUT2D eigenvalue weighted by Crippen LogP contribution is -2.25. The largest absolute Gasteiger partial charge is 0.387 e. The molecule has 1 unspecified atom stereocenters. The van der Waals surface area contributed by atoms with E-state index in [2.05, 4.69) is 0 Å². The predicted octanol–water partition coefficient (Wildman–Crippen LogP) is 3.52. The Bertz CT molecular complexity index is 312. The van der Waals surface area contributed by atoms with Gasteiger partial charge in [-0.1, -0.05) is 29.8 Å². The first-order valence-corrected chi connectivity index (χ1v) is 6.07. The summed E-state index contributed by atoms with van der Waals surface area (Å²) in [5.74, 6) is 0. The van der Waals surface area contributed by atoms with Crippen LogP contribution in [0.4, 0.5) is 0 Å². The average Bonchev–Trinajstić information content (AvgIpc) is 2.17. The molecule has 1 rings (SSSR count). The lowest BCUT2D eigenvalue weighted by Gasteiger charge is -2.29. The van der Waals surface area contributed by atoms with Crippen molar-refractivity contribution < 1.29 is 5.11 Å². The van der Waals surface area contributed by atoms with Crippen LogP contribution in [0.15, 0.2) is 24.3 Å². The number of hydrogen-bond donors (Lipinski definition) is 1. The monoisotopic (exact) mass is 230 g/mol. The standard InChI is InChI=1S/C11H15ClOS/c1-11(2,14-3)10(13)8-6-4-5-7-9(8)12/h4-7,10,13H,1-3H3. The Morgan fingerprint density at radius 1 is 1.36 bits per heavy atom. The Labute approximate surface area is 94.5 Å². The first-order valence-electron chi connectivity index (χ1n) is 4.46. The smallest absolute Gasteiger partial charge is 0.0945 e. The van der Waals surface area contributed by atoms with Gasteiger partial charge < -0.3 is 5.11 Å².